The lowest BCUT2D eigenvalue weighted by Gasteiger charge is -2.08. The number of rotatable bonds is 3. The molecule has 1 aliphatic rings. The third-order valence-corrected chi connectivity index (χ3v) is 3.41. The summed E-state index contributed by atoms with van der Waals surface area (Å²) in [7, 11) is 1.26. The summed E-state index contributed by atoms with van der Waals surface area (Å²) in [6, 6.07) is 5.01. The molecule has 0 fully saturated rings. The van der Waals surface area contributed by atoms with Crippen LogP contribution in [0.3, 0.4) is 0 Å². The highest BCUT2D eigenvalue weighted by atomic mass is 16.6. The molecule has 2 heterocycles. The van der Waals surface area contributed by atoms with Crippen LogP contribution < -0.4 is 4.74 Å². The Hall–Kier alpha value is -3.36. The van der Waals surface area contributed by atoms with Gasteiger partial charge in [-0.2, -0.15) is 0 Å². The monoisotopic (exact) mass is 312 g/mol. The molecule has 0 bridgehead atoms. The average molecular weight is 312 g/mol. The van der Waals surface area contributed by atoms with E-state index in [-0.39, 0.29) is 35.1 Å². The van der Waals surface area contributed by atoms with Gasteiger partial charge in [0.25, 0.3) is 0 Å². The van der Waals surface area contributed by atoms with Gasteiger partial charge in [0.15, 0.2) is 6.61 Å². The third-order valence-electron chi connectivity index (χ3n) is 3.41. The maximum absolute atomic E-state index is 12.6. The van der Waals surface area contributed by atoms with Gasteiger partial charge in [-0.25, -0.2) is 19.4 Å². The van der Waals surface area contributed by atoms with Gasteiger partial charge in [-0.05, 0) is 16.4 Å². The minimum Gasteiger partial charge on any atom is -0.481 e. The van der Waals surface area contributed by atoms with Crippen molar-refractivity contribution >= 4 is 23.0 Å². The fraction of sp³-hybridized carbons (Fsp3) is 0.143. The summed E-state index contributed by atoms with van der Waals surface area (Å²) >= 11 is 0. The van der Waals surface area contributed by atoms with Crippen LogP contribution in [0.15, 0.2) is 22.8 Å². The van der Waals surface area contributed by atoms with Crippen LogP contribution in [-0.4, -0.2) is 45.8 Å². The highest BCUT2D eigenvalue weighted by Gasteiger charge is 2.34. The lowest BCUT2D eigenvalue weighted by atomic mass is 10.1. The zero-order valence-corrected chi connectivity index (χ0v) is 11.8. The quantitative estimate of drug-likeness (QED) is 0.505. The molecule has 1 aliphatic carbocycles. The van der Waals surface area contributed by atoms with E-state index in [2.05, 4.69) is 29.6 Å². The molecule has 4 rings (SSSR count). The van der Waals surface area contributed by atoms with E-state index in [1.807, 2.05) is 0 Å². The molecule has 3 aromatic rings. The van der Waals surface area contributed by atoms with Crippen molar-refractivity contribution in [2.45, 2.75) is 0 Å². The number of hydrogen-bond acceptors (Lipinski definition) is 9. The van der Waals surface area contributed by atoms with Gasteiger partial charge in [0.05, 0.1) is 12.7 Å². The molecular weight excluding hydrogens is 304 g/mol. The fourth-order valence-electron chi connectivity index (χ4n) is 2.38. The number of hydrogen-bond donors (Lipinski definition) is 0. The van der Waals surface area contributed by atoms with Crippen LogP contribution in [0.5, 0.6) is 5.75 Å². The summed E-state index contributed by atoms with van der Waals surface area (Å²) in [5.41, 5.74) is 1.77. The third kappa shape index (κ3) is 1.94. The first kappa shape index (κ1) is 13.3. The SMILES string of the molecule is COC(=O)COc1cccc2c1C(=O)c1nc3nonc3nc1-2. The largest absolute Gasteiger partial charge is 0.481 e. The van der Waals surface area contributed by atoms with E-state index >= 15 is 0 Å². The number of carbonyl (C=O) groups excluding carboxylic acids is 2. The summed E-state index contributed by atoms with van der Waals surface area (Å²) in [6.45, 7) is -0.299. The number of ketones is 1. The molecule has 9 heteroatoms. The van der Waals surface area contributed by atoms with Gasteiger partial charge in [-0.3, -0.25) is 4.79 Å². The molecule has 23 heavy (non-hydrogen) atoms. The van der Waals surface area contributed by atoms with Gasteiger partial charge in [-0.15, -0.1) is 0 Å². The van der Waals surface area contributed by atoms with Crippen molar-refractivity contribution in [3.8, 4) is 17.0 Å². The number of esters is 1. The Kier molecular flexibility index (Phi) is 2.80. The number of aromatic nitrogens is 4. The summed E-state index contributed by atoms with van der Waals surface area (Å²) in [5, 5.41) is 7.21. The van der Waals surface area contributed by atoms with Gasteiger partial charge in [0, 0.05) is 5.56 Å². The van der Waals surface area contributed by atoms with Gasteiger partial charge in [-0.1, -0.05) is 12.1 Å². The molecule has 0 amide bonds. The molecule has 0 radical (unpaired) electrons. The van der Waals surface area contributed by atoms with E-state index in [4.69, 9.17) is 4.74 Å². The van der Waals surface area contributed by atoms with Crippen LogP contribution in [0, 0.1) is 0 Å². The summed E-state index contributed by atoms with van der Waals surface area (Å²) in [5.74, 6) is -0.633. The zero-order chi connectivity index (χ0) is 16.0. The highest BCUT2D eigenvalue weighted by molar-refractivity contribution is 6.21. The molecule has 0 saturated carbocycles. The van der Waals surface area contributed by atoms with Crippen LogP contribution in [0.4, 0.5) is 0 Å². The lowest BCUT2D eigenvalue weighted by molar-refractivity contribution is -0.142. The summed E-state index contributed by atoms with van der Waals surface area (Å²) < 4.78 is 14.5. The van der Waals surface area contributed by atoms with Crippen molar-refractivity contribution < 1.29 is 23.7 Å². The first-order chi connectivity index (χ1) is 11.2. The minimum atomic E-state index is -0.546. The predicted molar refractivity (Wildman–Crippen MR) is 73.8 cm³/mol. The van der Waals surface area contributed by atoms with E-state index < -0.39 is 5.97 Å². The van der Waals surface area contributed by atoms with Crippen LogP contribution in [-0.2, 0) is 9.53 Å². The maximum Gasteiger partial charge on any atom is 0.343 e. The second kappa shape index (κ2) is 4.83. The number of ether oxygens (including phenoxy) is 2. The van der Waals surface area contributed by atoms with Gasteiger partial charge in [0.2, 0.25) is 17.1 Å². The molecule has 0 atom stereocenters. The number of nitrogens with zero attached hydrogens (tertiary/aromatic N) is 4. The topological polar surface area (TPSA) is 117 Å². The standard InChI is InChI=1S/C14H8N4O5/c1-21-8(19)5-22-7-4-2-3-6-9(7)12(20)11-10(6)15-13-14(16-11)18-23-17-13/h2-4H,5H2,1H3. The highest BCUT2D eigenvalue weighted by Crippen LogP contribution is 2.39. The lowest BCUT2D eigenvalue weighted by Crippen LogP contribution is -2.14. The number of benzene rings is 1. The van der Waals surface area contributed by atoms with E-state index in [1.54, 1.807) is 18.2 Å². The Morgan fingerprint density at radius 1 is 1.17 bits per heavy atom. The average Bonchev–Trinajstić information content (AvgIpc) is 3.14. The Bertz CT molecular complexity index is 965. The Balaban J connectivity index is 1.82. The minimum absolute atomic E-state index is 0.150. The van der Waals surface area contributed by atoms with Crippen molar-refractivity contribution in [2.75, 3.05) is 13.7 Å². The smallest absolute Gasteiger partial charge is 0.343 e. The van der Waals surface area contributed by atoms with Crippen LogP contribution in [0.25, 0.3) is 22.6 Å². The predicted octanol–water partition coefficient (Wildman–Crippen LogP) is 0.776. The molecule has 0 aliphatic heterocycles. The molecule has 0 spiro atoms. The van der Waals surface area contributed by atoms with Gasteiger partial charge < -0.3 is 9.47 Å². The molecule has 0 unspecified atom stereocenters. The Morgan fingerprint density at radius 3 is 2.65 bits per heavy atom. The normalized spacial score (nSPS) is 12.1. The van der Waals surface area contributed by atoms with Crippen molar-refractivity contribution in [3.05, 3.63) is 29.5 Å². The van der Waals surface area contributed by atoms with Crippen LogP contribution >= 0.6 is 0 Å². The first-order valence-electron chi connectivity index (χ1n) is 6.57. The van der Waals surface area contributed by atoms with Gasteiger partial charge >= 0.3 is 5.97 Å². The zero-order valence-electron chi connectivity index (χ0n) is 11.8. The summed E-state index contributed by atoms with van der Waals surface area (Å²) in [4.78, 5) is 32.2. The van der Waals surface area contributed by atoms with Crippen molar-refractivity contribution in [1.82, 2.24) is 20.3 Å². The van der Waals surface area contributed by atoms with Crippen molar-refractivity contribution in [2.24, 2.45) is 0 Å². The van der Waals surface area contributed by atoms with E-state index in [9.17, 15) is 9.59 Å². The number of carbonyl (C=O) groups is 2. The molecular formula is C14H8N4O5. The second-order valence-electron chi connectivity index (χ2n) is 4.70. The van der Waals surface area contributed by atoms with E-state index in [1.165, 1.54) is 7.11 Å². The molecule has 2 aromatic heterocycles. The number of fused-ring (bicyclic) bond motifs is 4. The Labute approximate surface area is 128 Å². The van der Waals surface area contributed by atoms with Crippen molar-refractivity contribution in [3.63, 3.8) is 0 Å². The first-order valence-corrected chi connectivity index (χ1v) is 6.57. The second-order valence-corrected chi connectivity index (χ2v) is 4.70. The fourth-order valence-corrected chi connectivity index (χ4v) is 2.38. The Morgan fingerprint density at radius 2 is 1.91 bits per heavy atom. The van der Waals surface area contributed by atoms with Gasteiger partial charge in [0.1, 0.15) is 17.1 Å². The molecule has 114 valence electrons. The molecule has 0 N–H and O–H groups in total. The van der Waals surface area contributed by atoms with E-state index in [0.717, 1.165) is 0 Å². The molecule has 0 saturated heterocycles. The molecule has 9 nitrogen and oxygen atoms in total. The van der Waals surface area contributed by atoms with E-state index in [0.29, 0.717) is 16.8 Å². The summed E-state index contributed by atoms with van der Waals surface area (Å²) in [6.07, 6.45) is 0. The van der Waals surface area contributed by atoms with Crippen LogP contribution in [0.1, 0.15) is 16.1 Å². The number of methoxy groups -OCH3 is 1. The van der Waals surface area contributed by atoms with Crippen LogP contribution in [0.2, 0.25) is 0 Å². The van der Waals surface area contributed by atoms with Crippen molar-refractivity contribution in [1.29, 1.82) is 0 Å². The maximum atomic E-state index is 12.6. The molecule has 1 aromatic carbocycles.